The van der Waals surface area contributed by atoms with Crippen molar-refractivity contribution < 1.29 is 76.5 Å². The minimum Gasteiger partial charge on any atom is -0.462 e. The molecule has 22 heteroatoms. The lowest BCUT2D eigenvalue weighted by Crippen LogP contribution is -2.36. The number of hydrogen-bond acceptors (Lipinski definition) is 17. The third-order valence-electron chi connectivity index (χ3n) is 11.2. The molecule has 0 saturated carbocycles. The van der Waals surface area contributed by atoms with Crippen molar-refractivity contribution in [1.29, 1.82) is 0 Å². The minimum atomic E-state index is -5.51. The Morgan fingerprint density at radius 2 is 1.27 bits per heavy atom. The molecule has 0 bridgehead atoms. The zero-order chi connectivity index (χ0) is 54.5. The van der Waals surface area contributed by atoms with Crippen LogP contribution in [0.3, 0.4) is 0 Å². The lowest BCUT2D eigenvalue weighted by molar-refractivity contribution is -0.161. The molecular formula is C52H83N3O17P2. The van der Waals surface area contributed by atoms with Crippen LogP contribution in [0.15, 0.2) is 102 Å². The number of nitrogens with two attached hydrogens (primary N) is 1. The quantitative estimate of drug-likeness (QED) is 0.0140. The van der Waals surface area contributed by atoms with Crippen molar-refractivity contribution in [2.24, 2.45) is 0 Å². The summed E-state index contributed by atoms with van der Waals surface area (Å²) < 4.78 is 56.5. The summed E-state index contributed by atoms with van der Waals surface area (Å²) in [6, 6.07) is 1.23. The summed E-state index contributed by atoms with van der Waals surface area (Å²) in [5.74, 6) is -1.67. The van der Waals surface area contributed by atoms with Gasteiger partial charge in [0.15, 0.2) is 12.3 Å². The second-order valence-corrected chi connectivity index (χ2v) is 20.6. The van der Waals surface area contributed by atoms with Crippen molar-refractivity contribution in [3.63, 3.8) is 0 Å². The zero-order valence-electron chi connectivity index (χ0n) is 43.1. The zero-order valence-corrected chi connectivity index (χ0v) is 44.9. The summed E-state index contributed by atoms with van der Waals surface area (Å²) in [6.45, 7) is 1.69. The Morgan fingerprint density at radius 1 is 0.716 bits per heavy atom. The monoisotopic (exact) mass is 1080 g/mol. The predicted molar refractivity (Wildman–Crippen MR) is 282 cm³/mol. The van der Waals surface area contributed by atoms with Gasteiger partial charge in [0.05, 0.1) is 25.4 Å². The maximum Gasteiger partial charge on any atom is 0.481 e. The van der Waals surface area contributed by atoms with Crippen molar-refractivity contribution in [2.75, 3.05) is 25.6 Å². The van der Waals surface area contributed by atoms with Gasteiger partial charge in [-0.25, -0.2) is 13.9 Å². The average molecular weight is 1080 g/mol. The number of aromatic nitrogens is 2. The highest BCUT2D eigenvalue weighted by molar-refractivity contribution is 7.61. The van der Waals surface area contributed by atoms with E-state index in [2.05, 4.69) is 71.8 Å². The Balaban J connectivity index is 1.89. The van der Waals surface area contributed by atoms with Gasteiger partial charge in [-0.2, -0.15) is 9.29 Å². The number of ether oxygens (including phenoxy) is 3. The predicted octanol–water partition coefficient (Wildman–Crippen LogP) is 8.61. The summed E-state index contributed by atoms with van der Waals surface area (Å²) in [5, 5.41) is 41.8. The molecule has 0 aliphatic carbocycles. The summed E-state index contributed by atoms with van der Waals surface area (Å²) in [6.07, 6.45) is 34.1. The molecule has 0 amide bonds. The third-order valence-corrected chi connectivity index (χ3v) is 13.8. The molecule has 1 saturated heterocycles. The van der Waals surface area contributed by atoms with E-state index in [0.717, 1.165) is 42.9 Å². The molecule has 1 fully saturated rings. The van der Waals surface area contributed by atoms with E-state index in [1.165, 1.54) is 44.6 Å². The van der Waals surface area contributed by atoms with E-state index in [1.807, 2.05) is 30.4 Å². The van der Waals surface area contributed by atoms with Crippen molar-refractivity contribution in [3.8, 4) is 0 Å². The van der Waals surface area contributed by atoms with Crippen molar-refractivity contribution in [1.82, 2.24) is 9.55 Å². The second-order valence-electron chi connectivity index (χ2n) is 17.6. The number of allylic oxidation sites excluding steroid dienone is 13. The van der Waals surface area contributed by atoms with E-state index in [9.17, 15) is 53.7 Å². The highest BCUT2D eigenvalue weighted by Crippen LogP contribution is 2.60. The molecule has 1 aromatic rings. The molecule has 1 aromatic heterocycles. The number of esters is 2. The number of nitrogen functional groups attached to an aromatic ring is 1. The standard InChI is InChI=1S/C52H83N3O17P2/c1-3-5-7-9-11-13-15-17-18-19-20-21-23-25-27-29-31-35-48(59)70-42(39-67-47(58)36-32-34-44(57)43(56)33-30-28-26-24-22-16-14-12-10-8-6-4-2)40-68-73(63,64)72-74(65,66)69-41-45-49(60)50(61)51(71-45)55-38-37-46(53)54-52(55)62/h6,8,12,14,17-18,20-22,24-25,27-28,30,37-38,42-45,49-51,56-57,60-61H,3-5,7,9-11,13,15-16,19,23,26,29,31-36,39-41H2,1-2H3,(H,63,64)(H,65,66)(H2,53,54,62)/b8-6-,14-12-,18-17-,21-20-,24-22-,27-25-,30-28-/t42-,43+,44+,45-,49-,50-,51-/m1/s1. The molecule has 0 aromatic carbocycles. The van der Waals surface area contributed by atoms with E-state index in [4.69, 9.17) is 29.0 Å². The van der Waals surface area contributed by atoms with Crippen LogP contribution in [0.4, 0.5) is 5.82 Å². The van der Waals surface area contributed by atoms with Gasteiger partial charge in [0.2, 0.25) is 0 Å². The van der Waals surface area contributed by atoms with Crippen LogP contribution < -0.4 is 11.4 Å². The van der Waals surface area contributed by atoms with Gasteiger partial charge in [0.25, 0.3) is 0 Å². The number of carbonyl (C=O) groups is 2. The number of rotatable bonds is 41. The van der Waals surface area contributed by atoms with E-state index < -0.39 is 95.9 Å². The fraction of sp³-hybridized carbons (Fsp3) is 0.615. The molecule has 2 heterocycles. The fourth-order valence-corrected chi connectivity index (χ4v) is 9.17. The number of aliphatic hydroxyl groups excluding tert-OH is 4. The highest BCUT2D eigenvalue weighted by Gasteiger charge is 2.46. The van der Waals surface area contributed by atoms with Crippen LogP contribution in [0.25, 0.3) is 0 Å². The average Bonchev–Trinajstić information content (AvgIpc) is 3.63. The largest absolute Gasteiger partial charge is 0.481 e. The number of hydrogen-bond donors (Lipinski definition) is 7. The van der Waals surface area contributed by atoms with Gasteiger partial charge in [-0.15, -0.1) is 0 Å². The number of phosphoric ester groups is 2. The lowest BCUT2D eigenvalue weighted by atomic mass is 10.0. The summed E-state index contributed by atoms with van der Waals surface area (Å²) in [7, 11) is -11.0. The first-order chi connectivity index (χ1) is 35.5. The van der Waals surface area contributed by atoms with Crippen LogP contribution in [0.2, 0.25) is 0 Å². The SMILES string of the molecule is CC/C=C\C/C=C\C/C=C\C/C=C\C[C@H](O)[C@@H](O)CCCC(=O)OC[C@H](COP(=O)(O)OP(=O)(O)OC[C@H]1O[C@@H](n2ccc(N)nc2=O)[C@H](O)[C@@H]1O)OC(=O)CCC/C=C\C/C=C\C/C=C\CCCCCCCC. The molecule has 1 aliphatic heterocycles. The summed E-state index contributed by atoms with van der Waals surface area (Å²) >= 11 is 0. The first-order valence-corrected chi connectivity index (χ1v) is 28.8. The van der Waals surface area contributed by atoms with Crippen LogP contribution in [0.5, 0.6) is 0 Å². The molecule has 0 radical (unpaired) electrons. The Morgan fingerprint density at radius 3 is 1.89 bits per heavy atom. The van der Waals surface area contributed by atoms with Gasteiger partial charge in [-0.1, -0.05) is 131 Å². The molecule has 1 aliphatic rings. The lowest BCUT2D eigenvalue weighted by Gasteiger charge is -2.21. The number of aliphatic hydroxyl groups is 4. The number of anilines is 1. The van der Waals surface area contributed by atoms with Crippen molar-refractivity contribution in [3.05, 3.63) is 108 Å². The van der Waals surface area contributed by atoms with E-state index in [0.29, 0.717) is 25.7 Å². The van der Waals surface area contributed by atoms with Gasteiger partial charge in [-0.05, 0) is 89.5 Å². The summed E-state index contributed by atoms with van der Waals surface area (Å²) in [5.41, 5.74) is 4.56. The molecule has 2 rings (SSSR count). The Kier molecular flexibility index (Phi) is 35.0. The molecule has 74 heavy (non-hydrogen) atoms. The fourth-order valence-electron chi connectivity index (χ4n) is 7.06. The second kappa shape index (κ2) is 39.3. The van der Waals surface area contributed by atoms with E-state index in [1.54, 1.807) is 6.08 Å². The summed E-state index contributed by atoms with van der Waals surface area (Å²) in [4.78, 5) is 62.0. The number of unbranched alkanes of at least 4 members (excludes halogenated alkanes) is 7. The van der Waals surface area contributed by atoms with Crippen LogP contribution >= 0.6 is 15.6 Å². The van der Waals surface area contributed by atoms with Crippen molar-refractivity contribution in [2.45, 2.75) is 185 Å². The molecule has 9 atom stereocenters. The van der Waals surface area contributed by atoms with Gasteiger partial charge >= 0.3 is 33.3 Å². The third kappa shape index (κ3) is 31.0. The van der Waals surface area contributed by atoms with Crippen LogP contribution in [0, 0.1) is 0 Å². The minimum absolute atomic E-state index is 0.0637. The van der Waals surface area contributed by atoms with E-state index in [-0.39, 0.29) is 37.9 Å². The van der Waals surface area contributed by atoms with Crippen LogP contribution in [0.1, 0.15) is 148 Å². The van der Waals surface area contributed by atoms with Gasteiger partial charge in [0, 0.05) is 19.0 Å². The molecule has 0 spiro atoms. The van der Waals surface area contributed by atoms with Crippen LogP contribution in [-0.4, -0.2) is 108 Å². The van der Waals surface area contributed by atoms with E-state index >= 15 is 0 Å². The first-order valence-electron chi connectivity index (χ1n) is 25.8. The normalized spacial score (nSPS) is 20.4. The Labute approximate surface area is 436 Å². The number of phosphoric acid groups is 2. The smallest absolute Gasteiger partial charge is 0.462 e. The number of nitrogens with zero attached hydrogens (tertiary/aromatic N) is 2. The topological polar surface area (TPSA) is 306 Å². The molecular weight excluding hydrogens is 1000 g/mol. The molecule has 2 unspecified atom stereocenters. The first kappa shape index (κ1) is 66.0. The van der Waals surface area contributed by atoms with Crippen LogP contribution in [-0.2, 0) is 46.3 Å². The molecule has 20 nitrogen and oxygen atoms in total. The molecule has 418 valence electrons. The Hall–Kier alpha value is -4.14. The van der Waals surface area contributed by atoms with Gasteiger partial charge in [0.1, 0.15) is 30.7 Å². The maximum absolute atomic E-state index is 12.9. The molecule has 8 N–H and O–H groups in total. The van der Waals surface area contributed by atoms with Gasteiger partial charge in [-0.3, -0.25) is 23.2 Å². The number of carbonyl (C=O) groups excluding carboxylic acids is 2. The maximum atomic E-state index is 12.9. The van der Waals surface area contributed by atoms with Crippen molar-refractivity contribution >= 4 is 33.4 Å². The Bertz CT molecular complexity index is 2110. The highest BCUT2D eigenvalue weighted by atomic mass is 31.3. The van der Waals surface area contributed by atoms with Gasteiger partial charge < -0.3 is 50.2 Å².